The lowest BCUT2D eigenvalue weighted by atomic mass is 10.0. The first-order chi connectivity index (χ1) is 14.7. The number of hydrogen-bond donors (Lipinski definition) is 1. The number of rotatable bonds is 8. The summed E-state index contributed by atoms with van der Waals surface area (Å²) >= 11 is 6.27. The summed E-state index contributed by atoms with van der Waals surface area (Å²) in [5.41, 5.74) is 1.14. The highest BCUT2D eigenvalue weighted by molar-refractivity contribution is 7.89. The van der Waals surface area contributed by atoms with Crippen molar-refractivity contribution in [3.8, 4) is 0 Å². The average Bonchev–Trinajstić information content (AvgIpc) is 3.13. The zero-order chi connectivity index (χ0) is 22.6. The van der Waals surface area contributed by atoms with Gasteiger partial charge in [0.15, 0.2) is 0 Å². The molecule has 1 fully saturated rings. The molecule has 3 rings (SSSR count). The van der Waals surface area contributed by atoms with Crippen molar-refractivity contribution in [3.05, 3.63) is 59.1 Å². The van der Waals surface area contributed by atoms with Gasteiger partial charge in [-0.25, -0.2) is 13.1 Å². The van der Waals surface area contributed by atoms with Crippen molar-refractivity contribution >= 4 is 39.2 Å². The van der Waals surface area contributed by atoms with E-state index in [1.165, 1.54) is 12.1 Å². The zero-order valence-electron chi connectivity index (χ0n) is 17.4. The number of esters is 1. The molecule has 0 bridgehead atoms. The van der Waals surface area contributed by atoms with Crippen LogP contribution in [-0.4, -0.2) is 32.9 Å². The molecule has 7 nitrogen and oxygen atoms in total. The van der Waals surface area contributed by atoms with Crippen molar-refractivity contribution in [2.24, 2.45) is 0 Å². The Hall–Kier alpha value is -2.42. The number of amides is 1. The summed E-state index contributed by atoms with van der Waals surface area (Å²) in [4.78, 5) is 25.8. The summed E-state index contributed by atoms with van der Waals surface area (Å²) in [6.07, 6.45) is 0.749. The minimum Gasteiger partial charge on any atom is -0.463 e. The van der Waals surface area contributed by atoms with Crippen molar-refractivity contribution in [3.63, 3.8) is 0 Å². The van der Waals surface area contributed by atoms with Gasteiger partial charge in [-0.05, 0) is 56.2 Å². The van der Waals surface area contributed by atoms with Gasteiger partial charge in [0.2, 0.25) is 15.9 Å². The highest BCUT2D eigenvalue weighted by Crippen LogP contribution is 2.28. The van der Waals surface area contributed by atoms with E-state index in [2.05, 4.69) is 4.72 Å². The molecule has 9 heteroatoms. The van der Waals surface area contributed by atoms with Crippen molar-refractivity contribution in [2.75, 3.05) is 11.4 Å². The minimum atomic E-state index is -3.97. The molecule has 1 atom stereocenters. The van der Waals surface area contributed by atoms with E-state index in [-0.39, 0.29) is 23.3 Å². The number of nitrogens with zero attached hydrogens (tertiary/aromatic N) is 1. The molecule has 1 aliphatic heterocycles. The number of carbonyl (C=O) groups is 2. The molecule has 2 aromatic rings. The van der Waals surface area contributed by atoms with Gasteiger partial charge in [0.05, 0.1) is 23.5 Å². The van der Waals surface area contributed by atoms with Crippen molar-refractivity contribution < 1.29 is 22.7 Å². The predicted octanol–water partition coefficient (Wildman–Crippen LogP) is 3.83. The van der Waals surface area contributed by atoms with Crippen molar-refractivity contribution in [2.45, 2.75) is 50.2 Å². The van der Waals surface area contributed by atoms with Gasteiger partial charge in [-0.1, -0.05) is 29.8 Å². The summed E-state index contributed by atoms with van der Waals surface area (Å²) in [7, 11) is -3.97. The van der Waals surface area contributed by atoms with Crippen LogP contribution in [0.25, 0.3) is 0 Å². The summed E-state index contributed by atoms with van der Waals surface area (Å²) in [5.74, 6) is -0.512. The molecule has 0 aliphatic carbocycles. The Balaban J connectivity index is 1.84. The highest BCUT2D eigenvalue weighted by Gasteiger charge is 2.27. The fourth-order valence-electron chi connectivity index (χ4n) is 3.43. The Bertz CT molecular complexity index is 1050. The summed E-state index contributed by atoms with van der Waals surface area (Å²) in [5, 5.41) is 0.343. The zero-order valence-corrected chi connectivity index (χ0v) is 18.9. The predicted molar refractivity (Wildman–Crippen MR) is 118 cm³/mol. The number of anilines is 1. The molecule has 0 unspecified atom stereocenters. The Morgan fingerprint density at radius 3 is 2.42 bits per heavy atom. The van der Waals surface area contributed by atoms with Crippen molar-refractivity contribution in [1.82, 2.24) is 4.72 Å². The molecule has 1 aliphatic rings. The van der Waals surface area contributed by atoms with E-state index in [9.17, 15) is 18.0 Å². The Labute approximate surface area is 187 Å². The van der Waals surface area contributed by atoms with Crippen LogP contribution in [0.15, 0.2) is 53.4 Å². The molecule has 2 aromatic carbocycles. The normalized spacial score (nSPS) is 15.4. The maximum Gasteiger partial charge on any atom is 0.308 e. The van der Waals surface area contributed by atoms with Crippen LogP contribution in [0, 0.1) is 0 Å². The molecule has 0 spiro atoms. The number of halogens is 1. The van der Waals surface area contributed by atoms with E-state index < -0.39 is 22.0 Å². The van der Waals surface area contributed by atoms with Crippen LogP contribution in [0.4, 0.5) is 5.69 Å². The smallest absolute Gasteiger partial charge is 0.308 e. The van der Waals surface area contributed by atoms with E-state index in [0.717, 1.165) is 6.42 Å². The SMILES string of the molecule is CC(C)OC(=O)C[C@H](NS(=O)(=O)c1ccc(N2CCCC2=O)cc1)c1ccccc1Cl. The van der Waals surface area contributed by atoms with Gasteiger partial charge in [0.25, 0.3) is 0 Å². The number of nitrogens with one attached hydrogen (secondary N) is 1. The fourth-order valence-corrected chi connectivity index (χ4v) is 4.91. The van der Waals surface area contributed by atoms with Crippen molar-refractivity contribution in [1.29, 1.82) is 0 Å². The maximum absolute atomic E-state index is 13.0. The lowest BCUT2D eigenvalue weighted by Crippen LogP contribution is -2.31. The van der Waals surface area contributed by atoms with Crippen LogP contribution in [-0.2, 0) is 24.3 Å². The third-order valence-corrected chi connectivity index (χ3v) is 6.68. The second-order valence-corrected chi connectivity index (χ2v) is 9.70. The maximum atomic E-state index is 13.0. The number of carbonyl (C=O) groups excluding carboxylic acids is 2. The molecular weight excluding hydrogens is 440 g/mol. The molecule has 0 radical (unpaired) electrons. The van der Waals surface area contributed by atoms with Crippen LogP contribution in [0.2, 0.25) is 5.02 Å². The van der Waals surface area contributed by atoms with Crippen LogP contribution in [0.5, 0.6) is 0 Å². The van der Waals surface area contributed by atoms with E-state index in [1.807, 2.05) is 0 Å². The fraction of sp³-hybridized carbons (Fsp3) is 0.364. The standard InChI is InChI=1S/C22H25ClN2O5S/c1-15(2)30-22(27)14-20(18-6-3-4-7-19(18)23)24-31(28,29)17-11-9-16(10-12-17)25-13-5-8-21(25)26/h3-4,6-7,9-12,15,20,24H,5,8,13-14H2,1-2H3/t20-/m0/s1. The first-order valence-corrected chi connectivity index (χ1v) is 11.9. The second kappa shape index (κ2) is 9.80. The van der Waals surface area contributed by atoms with Gasteiger partial charge in [-0.3, -0.25) is 9.59 Å². The molecule has 31 heavy (non-hydrogen) atoms. The molecule has 1 N–H and O–H groups in total. The van der Waals surface area contributed by atoms with E-state index in [1.54, 1.807) is 55.1 Å². The number of benzene rings is 2. The molecular formula is C22H25ClN2O5S. The van der Waals surface area contributed by atoms with E-state index >= 15 is 0 Å². The molecule has 166 valence electrons. The van der Waals surface area contributed by atoms with E-state index in [0.29, 0.717) is 29.2 Å². The topological polar surface area (TPSA) is 92.8 Å². The monoisotopic (exact) mass is 464 g/mol. The van der Waals surface area contributed by atoms with Crippen LogP contribution in [0.1, 0.15) is 44.7 Å². The third-order valence-electron chi connectivity index (χ3n) is 4.85. The molecule has 1 amide bonds. The van der Waals surface area contributed by atoms with Crippen LogP contribution in [0.3, 0.4) is 0 Å². The quantitative estimate of drug-likeness (QED) is 0.599. The van der Waals surface area contributed by atoms with E-state index in [4.69, 9.17) is 16.3 Å². The lowest BCUT2D eigenvalue weighted by Gasteiger charge is -2.21. The summed E-state index contributed by atoms with van der Waals surface area (Å²) in [6.45, 7) is 4.06. The second-order valence-electron chi connectivity index (χ2n) is 7.58. The first-order valence-electron chi connectivity index (χ1n) is 10.0. The van der Waals surface area contributed by atoms with Gasteiger partial charge in [0.1, 0.15) is 0 Å². The Morgan fingerprint density at radius 2 is 1.84 bits per heavy atom. The summed E-state index contributed by atoms with van der Waals surface area (Å²) in [6, 6.07) is 11.9. The van der Waals surface area contributed by atoms with Gasteiger partial charge >= 0.3 is 5.97 Å². The average molecular weight is 465 g/mol. The molecule has 0 saturated carbocycles. The number of hydrogen-bond acceptors (Lipinski definition) is 5. The van der Waals surface area contributed by atoms with Gasteiger partial charge in [-0.2, -0.15) is 0 Å². The first kappa shape index (κ1) is 23.2. The van der Waals surface area contributed by atoms with Crippen LogP contribution >= 0.6 is 11.6 Å². The number of sulfonamides is 1. The van der Waals surface area contributed by atoms with Gasteiger partial charge in [-0.15, -0.1) is 0 Å². The Morgan fingerprint density at radius 1 is 1.16 bits per heavy atom. The highest BCUT2D eigenvalue weighted by atomic mass is 35.5. The summed E-state index contributed by atoms with van der Waals surface area (Å²) < 4.78 is 33.8. The van der Waals surface area contributed by atoms with Crippen LogP contribution < -0.4 is 9.62 Å². The molecule has 1 saturated heterocycles. The Kier molecular flexibility index (Phi) is 7.35. The third kappa shape index (κ3) is 5.84. The number of ether oxygens (including phenoxy) is 1. The largest absolute Gasteiger partial charge is 0.463 e. The minimum absolute atomic E-state index is 0.0242. The van der Waals surface area contributed by atoms with Gasteiger partial charge < -0.3 is 9.64 Å². The lowest BCUT2D eigenvalue weighted by molar-refractivity contribution is -0.147. The molecule has 0 aromatic heterocycles. The molecule has 1 heterocycles. The van der Waals surface area contributed by atoms with Gasteiger partial charge in [0, 0.05) is 23.7 Å².